The topological polar surface area (TPSA) is 9.23 Å². The Morgan fingerprint density at radius 2 is 1.93 bits per heavy atom. The van der Waals surface area contributed by atoms with E-state index in [0.29, 0.717) is 5.92 Å². The minimum atomic E-state index is 0.581. The summed E-state index contributed by atoms with van der Waals surface area (Å²) >= 11 is 0. The van der Waals surface area contributed by atoms with Crippen molar-refractivity contribution >= 4 is 0 Å². The van der Waals surface area contributed by atoms with Crippen LogP contribution >= 0.6 is 0 Å². The van der Waals surface area contributed by atoms with E-state index in [-0.39, 0.29) is 0 Å². The van der Waals surface area contributed by atoms with Gasteiger partial charge in [0.15, 0.2) is 0 Å². The van der Waals surface area contributed by atoms with Gasteiger partial charge in [-0.1, -0.05) is 31.2 Å². The molecule has 0 bridgehead atoms. The fourth-order valence-corrected chi connectivity index (χ4v) is 1.41. The molecule has 0 radical (unpaired) electrons. The number of benzene rings is 1. The minimum Gasteiger partial charge on any atom is -0.497 e. The number of allylic oxidation sites excluding steroid dienone is 2. The molecular formula is C13H18O. The van der Waals surface area contributed by atoms with Gasteiger partial charge in [0.1, 0.15) is 5.75 Å². The van der Waals surface area contributed by atoms with Crippen LogP contribution in [0.15, 0.2) is 36.4 Å². The van der Waals surface area contributed by atoms with Crippen molar-refractivity contribution < 1.29 is 4.74 Å². The molecule has 0 N–H and O–H groups in total. The number of hydrogen-bond donors (Lipinski definition) is 0. The molecule has 0 spiro atoms. The summed E-state index contributed by atoms with van der Waals surface area (Å²) in [6, 6.07) is 8.29. The largest absolute Gasteiger partial charge is 0.497 e. The molecule has 0 amide bonds. The highest BCUT2D eigenvalue weighted by Crippen LogP contribution is 2.21. The molecular weight excluding hydrogens is 172 g/mol. The van der Waals surface area contributed by atoms with Crippen LogP contribution in [0.3, 0.4) is 0 Å². The summed E-state index contributed by atoms with van der Waals surface area (Å²) in [5, 5.41) is 0. The summed E-state index contributed by atoms with van der Waals surface area (Å²) in [5.41, 5.74) is 1.36. The lowest BCUT2D eigenvalue weighted by molar-refractivity contribution is 0.414. The van der Waals surface area contributed by atoms with Gasteiger partial charge < -0.3 is 4.74 Å². The Morgan fingerprint density at radius 3 is 2.43 bits per heavy atom. The standard InChI is InChI=1S/C13H18O/c1-4-5-6-11(2)12-7-9-13(14-3)10-8-12/h4-5,7-11H,6H2,1-3H3/b5-4-. The van der Waals surface area contributed by atoms with Gasteiger partial charge in [0, 0.05) is 0 Å². The summed E-state index contributed by atoms with van der Waals surface area (Å²) in [5.74, 6) is 1.50. The van der Waals surface area contributed by atoms with E-state index in [1.807, 2.05) is 12.1 Å². The van der Waals surface area contributed by atoms with Crippen LogP contribution in [-0.4, -0.2) is 7.11 Å². The van der Waals surface area contributed by atoms with Gasteiger partial charge in [0.05, 0.1) is 7.11 Å². The fraction of sp³-hybridized carbons (Fsp3) is 0.385. The lowest BCUT2D eigenvalue weighted by Gasteiger charge is -2.09. The lowest BCUT2D eigenvalue weighted by atomic mass is 9.98. The van der Waals surface area contributed by atoms with E-state index < -0.39 is 0 Å². The van der Waals surface area contributed by atoms with Gasteiger partial charge in [-0.25, -0.2) is 0 Å². The highest BCUT2D eigenvalue weighted by molar-refractivity contribution is 5.29. The predicted molar refractivity (Wildman–Crippen MR) is 60.8 cm³/mol. The molecule has 0 heterocycles. The van der Waals surface area contributed by atoms with Crippen LogP contribution in [0.1, 0.15) is 31.7 Å². The van der Waals surface area contributed by atoms with E-state index in [1.165, 1.54) is 5.56 Å². The average molecular weight is 190 g/mol. The lowest BCUT2D eigenvalue weighted by Crippen LogP contribution is -1.91. The maximum Gasteiger partial charge on any atom is 0.118 e. The molecule has 1 nitrogen and oxygen atoms in total. The van der Waals surface area contributed by atoms with Gasteiger partial charge in [-0.15, -0.1) is 0 Å². The Kier molecular flexibility index (Phi) is 4.24. The maximum absolute atomic E-state index is 5.12. The molecule has 1 unspecified atom stereocenters. The quantitative estimate of drug-likeness (QED) is 0.657. The van der Waals surface area contributed by atoms with Gasteiger partial charge in [-0.3, -0.25) is 0 Å². The number of rotatable bonds is 4. The first-order chi connectivity index (χ1) is 6.77. The van der Waals surface area contributed by atoms with Crippen LogP contribution in [-0.2, 0) is 0 Å². The normalized spacial score (nSPS) is 13.1. The molecule has 0 saturated heterocycles. The average Bonchev–Trinajstić information content (AvgIpc) is 2.26. The third kappa shape index (κ3) is 2.91. The SMILES string of the molecule is C/C=C\CC(C)c1ccc(OC)cc1. The van der Waals surface area contributed by atoms with Gasteiger partial charge in [0.2, 0.25) is 0 Å². The fourth-order valence-electron chi connectivity index (χ4n) is 1.41. The van der Waals surface area contributed by atoms with Crippen LogP contribution < -0.4 is 4.74 Å². The molecule has 1 aromatic carbocycles. The van der Waals surface area contributed by atoms with Crippen molar-refractivity contribution in [1.29, 1.82) is 0 Å². The Morgan fingerprint density at radius 1 is 1.29 bits per heavy atom. The van der Waals surface area contributed by atoms with Crippen molar-refractivity contribution in [2.24, 2.45) is 0 Å². The van der Waals surface area contributed by atoms with Crippen LogP contribution in [0, 0.1) is 0 Å². The molecule has 14 heavy (non-hydrogen) atoms. The Labute approximate surface area is 86.4 Å². The maximum atomic E-state index is 5.12. The summed E-state index contributed by atoms with van der Waals surface area (Å²) in [4.78, 5) is 0. The third-order valence-corrected chi connectivity index (χ3v) is 2.41. The Balaban J connectivity index is 2.66. The highest BCUT2D eigenvalue weighted by atomic mass is 16.5. The van der Waals surface area contributed by atoms with Gasteiger partial charge in [-0.05, 0) is 37.0 Å². The van der Waals surface area contributed by atoms with Crippen LogP contribution in [0.5, 0.6) is 5.75 Å². The molecule has 0 saturated carbocycles. The molecule has 0 aliphatic heterocycles. The molecule has 1 heteroatoms. The zero-order valence-electron chi connectivity index (χ0n) is 9.16. The van der Waals surface area contributed by atoms with E-state index >= 15 is 0 Å². The molecule has 0 aliphatic carbocycles. The molecule has 0 fully saturated rings. The number of ether oxygens (including phenoxy) is 1. The second kappa shape index (κ2) is 5.48. The highest BCUT2D eigenvalue weighted by Gasteiger charge is 2.02. The molecule has 1 aromatic rings. The van der Waals surface area contributed by atoms with E-state index in [1.54, 1.807) is 7.11 Å². The second-order valence-corrected chi connectivity index (χ2v) is 3.48. The van der Waals surface area contributed by atoms with E-state index in [4.69, 9.17) is 4.74 Å². The first-order valence-electron chi connectivity index (χ1n) is 5.03. The first kappa shape index (κ1) is 10.8. The molecule has 76 valence electrons. The molecule has 1 atom stereocenters. The Bertz CT molecular complexity index is 285. The van der Waals surface area contributed by atoms with Crippen molar-refractivity contribution in [3.63, 3.8) is 0 Å². The van der Waals surface area contributed by atoms with Crippen LogP contribution in [0.4, 0.5) is 0 Å². The van der Waals surface area contributed by atoms with Crippen LogP contribution in [0.2, 0.25) is 0 Å². The van der Waals surface area contributed by atoms with Crippen molar-refractivity contribution in [1.82, 2.24) is 0 Å². The molecule has 0 aliphatic rings. The van der Waals surface area contributed by atoms with Gasteiger partial charge >= 0.3 is 0 Å². The van der Waals surface area contributed by atoms with Crippen molar-refractivity contribution in [2.45, 2.75) is 26.2 Å². The van der Waals surface area contributed by atoms with Gasteiger partial charge in [-0.2, -0.15) is 0 Å². The smallest absolute Gasteiger partial charge is 0.118 e. The second-order valence-electron chi connectivity index (χ2n) is 3.48. The van der Waals surface area contributed by atoms with E-state index in [2.05, 4.69) is 38.1 Å². The number of methoxy groups -OCH3 is 1. The first-order valence-corrected chi connectivity index (χ1v) is 5.03. The molecule has 0 aromatic heterocycles. The van der Waals surface area contributed by atoms with Crippen LogP contribution in [0.25, 0.3) is 0 Å². The third-order valence-electron chi connectivity index (χ3n) is 2.41. The Hall–Kier alpha value is -1.24. The van der Waals surface area contributed by atoms with E-state index in [0.717, 1.165) is 12.2 Å². The summed E-state index contributed by atoms with van der Waals surface area (Å²) in [6.07, 6.45) is 5.40. The zero-order valence-corrected chi connectivity index (χ0v) is 9.16. The summed E-state index contributed by atoms with van der Waals surface area (Å²) < 4.78 is 5.12. The molecule has 1 rings (SSSR count). The van der Waals surface area contributed by atoms with Crippen molar-refractivity contribution in [3.05, 3.63) is 42.0 Å². The predicted octanol–water partition coefficient (Wildman–Crippen LogP) is 3.76. The van der Waals surface area contributed by atoms with Crippen molar-refractivity contribution in [3.8, 4) is 5.75 Å². The summed E-state index contributed by atoms with van der Waals surface area (Å²) in [6.45, 7) is 4.29. The zero-order chi connectivity index (χ0) is 10.4. The monoisotopic (exact) mass is 190 g/mol. The summed E-state index contributed by atoms with van der Waals surface area (Å²) in [7, 11) is 1.69. The van der Waals surface area contributed by atoms with E-state index in [9.17, 15) is 0 Å². The minimum absolute atomic E-state index is 0.581. The number of hydrogen-bond acceptors (Lipinski definition) is 1. The van der Waals surface area contributed by atoms with Gasteiger partial charge in [0.25, 0.3) is 0 Å². The van der Waals surface area contributed by atoms with Crippen molar-refractivity contribution in [2.75, 3.05) is 7.11 Å².